The molecule has 0 unspecified atom stereocenters. The van der Waals surface area contributed by atoms with Gasteiger partial charge in [-0.05, 0) is 97.9 Å². The number of pyridine rings is 2. The van der Waals surface area contributed by atoms with Gasteiger partial charge in [-0.15, -0.1) is 0 Å². The highest BCUT2D eigenvalue weighted by Gasteiger charge is 2.22. The number of rotatable bonds is 9. The van der Waals surface area contributed by atoms with Crippen LogP contribution in [0.4, 0.5) is 0 Å². The summed E-state index contributed by atoms with van der Waals surface area (Å²) in [6.07, 6.45) is 0. The van der Waals surface area contributed by atoms with Gasteiger partial charge in [0, 0.05) is 33.2 Å². The van der Waals surface area contributed by atoms with Crippen molar-refractivity contribution in [2.45, 2.75) is 0 Å². The average Bonchev–Trinajstić information content (AvgIpc) is 3.83. The lowest BCUT2D eigenvalue weighted by atomic mass is 9.93. The van der Waals surface area contributed by atoms with Gasteiger partial charge in [-0.2, -0.15) is 5.10 Å². The van der Waals surface area contributed by atoms with Crippen LogP contribution in [0, 0.1) is 0 Å². The summed E-state index contributed by atoms with van der Waals surface area (Å²) in [7, 11) is 0. The lowest BCUT2D eigenvalue weighted by Crippen LogP contribution is -1.96. The molecule has 0 radical (unpaired) electrons. The Morgan fingerprint density at radius 1 is 0.269 bits per heavy atom. The zero-order valence-corrected chi connectivity index (χ0v) is 36.7. The molecule has 0 aliphatic rings. The molecule has 0 fully saturated rings. The third kappa shape index (κ3) is 7.69. The van der Waals surface area contributed by atoms with Crippen LogP contribution in [0.2, 0.25) is 0 Å². The number of nitrogens with zero attached hydrogens (tertiary/aromatic N) is 3. The van der Waals surface area contributed by atoms with E-state index in [2.05, 4.69) is 265 Å². The topological polar surface area (TPSA) is 30.2 Å². The van der Waals surface area contributed by atoms with Crippen molar-refractivity contribution in [3.63, 3.8) is 0 Å². The van der Waals surface area contributed by atoms with Gasteiger partial charge in [-0.1, -0.05) is 218 Å². The van der Waals surface area contributed by atoms with Gasteiger partial charge in [0.05, 0.1) is 22.6 Å². The first-order valence-electron chi connectivity index (χ1n) is 22.8. The summed E-state index contributed by atoms with van der Waals surface area (Å²) in [5, 5.41) is 7.71. The number of aromatic nitrogens is 3. The normalized spacial score (nSPS) is 11.3. The molecule has 12 aromatic rings. The van der Waals surface area contributed by atoms with E-state index in [0.29, 0.717) is 0 Å². The Kier molecular flexibility index (Phi) is 10.2. The minimum absolute atomic E-state index is 0.927. The largest absolute Gasteiger partial charge is 0.248 e. The van der Waals surface area contributed by atoms with E-state index in [1.807, 2.05) is 0 Å². The summed E-state index contributed by atoms with van der Waals surface area (Å²) in [5.74, 6) is 0. The molecule has 0 aliphatic carbocycles. The highest BCUT2D eigenvalue weighted by Crippen LogP contribution is 2.42. The molecule has 0 atom stereocenters. The van der Waals surface area contributed by atoms with Crippen LogP contribution in [0.15, 0.2) is 261 Å². The van der Waals surface area contributed by atoms with Gasteiger partial charge in [0.2, 0.25) is 0 Å². The molecular formula is C64H43N3. The molecule has 0 aliphatic heterocycles. The highest BCUT2D eigenvalue weighted by atomic mass is 15.2. The second kappa shape index (κ2) is 17.2. The van der Waals surface area contributed by atoms with Crippen LogP contribution < -0.4 is 0 Å². The van der Waals surface area contributed by atoms with Crippen LogP contribution >= 0.6 is 0 Å². The van der Waals surface area contributed by atoms with Crippen LogP contribution in [-0.4, -0.2) is 14.6 Å². The number of fused-ring (bicyclic) bond motifs is 3. The quantitative estimate of drug-likeness (QED) is 0.145. The molecule has 0 spiro atoms. The predicted molar refractivity (Wildman–Crippen MR) is 279 cm³/mol. The molecule has 314 valence electrons. The fourth-order valence-electron chi connectivity index (χ4n) is 9.44. The van der Waals surface area contributed by atoms with Crippen LogP contribution in [0.3, 0.4) is 0 Å². The number of hydrogen-bond acceptors (Lipinski definition) is 2. The summed E-state index contributed by atoms with van der Waals surface area (Å²) in [6, 6.07) is 93.0. The molecule has 0 saturated carbocycles. The van der Waals surface area contributed by atoms with Crippen molar-refractivity contribution in [2.75, 3.05) is 0 Å². The van der Waals surface area contributed by atoms with Crippen molar-refractivity contribution < 1.29 is 0 Å². The first kappa shape index (κ1) is 39.7. The molecule has 67 heavy (non-hydrogen) atoms. The average molecular weight is 854 g/mol. The SMILES string of the molecule is c1ccc(-c2cc(-c3ccccc3)cc(-c3cc(-c4ccc(-c5ccc6c(c5)cc(-c5ccccc5)n5nc(-c7ccccc7)c(-c7ccccc7)c65)cc4)cc(-c4ccccc4)n3)c2)cc1. The zero-order valence-electron chi connectivity index (χ0n) is 36.7. The maximum Gasteiger partial charge on any atom is 0.101 e. The maximum absolute atomic E-state index is 5.40. The lowest BCUT2D eigenvalue weighted by molar-refractivity contribution is 0.979. The molecular weight excluding hydrogens is 811 g/mol. The van der Waals surface area contributed by atoms with E-state index in [1.165, 1.54) is 11.1 Å². The summed E-state index contributed by atoms with van der Waals surface area (Å²) in [6.45, 7) is 0. The standard InChI is InChI=1S/C64H43N3/c1-7-19-44(20-8-1)53-38-54(45-21-9-2-10-22-45)40-57(39-53)60-42-55(41-59(65-60)48-23-11-3-12-24-48)47-33-31-46(32-34-47)52-35-36-58-56(37-52)43-61(49-25-13-4-14-26-49)67-64(58)62(50-27-15-5-16-28-50)63(66-67)51-29-17-6-18-30-51/h1-43H. The van der Waals surface area contributed by atoms with Gasteiger partial charge in [0.1, 0.15) is 5.69 Å². The molecule has 0 saturated heterocycles. The fraction of sp³-hybridized carbons (Fsp3) is 0. The summed E-state index contributed by atoms with van der Waals surface area (Å²) in [5.41, 5.74) is 20.8. The molecule has 0 bridgehead atoms. The highest BCUT2D eigenvalue weighted by molar-refractivity contribution is 6.09. The third-order valence-electron chi connectivity index (χ3n) is 12.8. The second-order valence-electron chi connectivity index (χ2n) is 17.0. The van der Waals surface area contributed by atoms with E-state index in [4.69, 9.17) is 10.1 Å². The van der Waals surface area contributed by atoms with E-state index in [9.17, 15) is 0 Å². The summed E-state index contributed by atoms with van der Waals surface area (Å²) < 4.78 is 2.16. The van der Waals surface area contributed by atoms with Gasteiger partial charge < -0.3 is 0 Å². The fourth-order valence-corrected chi connectivity index (χ4v) is 9.44. The maximum atomic E-state index is 5.40. The minimum Gasteiger partial charge on any atom is -0.248 e. The summed E-state index contributed by atoms with van der Waals surface area (Å²) >= 11 is 0. The first-order chi connectivity index (χ1) is 33.2. The summed E-state index contributed by atoms with van der Waals surface area (Å²) in [4.78, 5) is 5.35. The van der Waals surface area contributed by atoms with Gasteiger partial charge >= 0.3 is 0 Å². The lowest BCUT2D eigenvalue weighted by Gasteiger charge is -2.14. The Hall–Kier alpha value is -8.92. The van der Waals surface area contributed by atoms with E-state index < -0.39 is 0 Å². The molecule has 3 heteroatoms. The van der Waals surface area contributed by atoms with Crippen molar-refractivity contribution in [3.8, 4) is 101 Å². The molecule has 3 nitrogen and oxygen atoms in total. The van der Waals surface area contributed by atoms with E-state index in [-0.39, 0.29) is 0 Å². The van der Waals surface area contributed by atoms with Gasteiger partial charge in [0.15, 0.2) is 0 Å². The molecule has 3 heterocycles. The third-order valence-corrected chi connectivity index (χ3v) is 12.8. The van der Waals surface area contributed by atoms with Crippen LogP contribution in [0.1, 0.15) is 0 Å². The van der Waals surface area contributed by atoms with Crippen molar-refractivity contribution in [3.05, 3.63) is 261 Å². The molecule has 12 rings (SSSR count). The van der Waals surface area contributed by atoms with E-state index in [0.717, 1.165) is 106 Å². The monoisotopic (exact) mass is 853 g/mol. The van der Waals surface area contributed by atoms with Gasteiger partial charge in [-0.25, -0.2) is 9.50 Å². The Morgan fingerprint density at radius 2 is 0.672 bits per heavy atom. The Labute approximate surface area is 390 Å². The van der Waals surface area contributed by atoms with Crippen LogP contribution in [0.25, 0.3) is 117 Å². The van der Waals surface area contributed by atoms with Crippen molar-refractivity contribution in [1.29, 1.82) is 0 Å². The van der Waals surface area contributed by atoms with Crippen molar-refractivity contribution >= 4 is 16.3 Å². The van der Waals surface area contributed by atoms with Crippen LogP contribution in [0.5, 0.6) is 0 Å². The Balaban J connectivity index is 0.986. The van der Waals surface area contributed by atoms with Crippen molar-refractivity contribution in [2.24, 2.45) is 0 Å². The minimum atomic E-state index is 0.927. The van der Waals surface area contributed by atoms with Gasteiger partial charge in [-0.3, -0.25) is 0 Å². The molecule has 3 aromatic heterocycles. The Bertz CT molecular complexity index is 3620. The zero-order chi connectivity index (χ0) is 44.5. The second-order valence-corrected chi connectivity index (χ2v) is 17.0. The first-order valence-corrected chi connectivity index (χ1v) is 22.8. The predicted octanol–water partition coefficient (Wildman–Crippen LogP) is 16.9. The molecule has 0 N–H and O–H groups in total. The van der Waals surface area contributed by atoms with Crippen LogP contribution in [-0.2, 0) is 0 Å². The smallest absolute Gasteiger partial charge is 0.101 e. The van der Waals surface area contributed by atoms with E-state index in [1.54, 1.807) is 0 Å². The number of benzene rings is 9. The van der Waals surface area contributed by atoms with Gasteiger partial charge in [0.25, 0.3) is 0 Å². The molecule has 0 amide bonds. The molecule has 9 aromatic carbocycles. The Morgan fingerprint density at radius 3 is 1.22 bits per heavy atom. The number of hydrogen-bond donors (Lipinski definition) is 0. The van der Waals surface area contributed by atoms with E-state index >= 15 is 0 Å². The van der Waals surface area contributed by atoms with Crippen molar-refractivity contribution in [1.82, 2.24) is 14.6 Å².